The third-order valence-corrected chi connectivity index (χ3v) is 3.89. The van der Waals surface area contributed by atoms with Crippen molar-refractivity contribution in [2.75, 3.05) is 26.2 Å². The standard InChI is InChI=1S/C9H18F3N3O2S/c1-8(3-2-4-13-5-8)6-14-18(16,17)15-7-9(10,11)12/h13-15H,2-7H2,1H3. The normalized spacial score (nSPS) is 26.2. The van der Waals surface area contributed by atoms with E-state index in [1.165, 1.54) is 4.72 Å². The van der Waals surface area contributed by atoms with Gasteiger partial charge in [-0.2, -0.15) is 26.3 Å². The van der Waals surface area contributed by atoms with Crippen molar-refractivity contribution >= 4 is 10.2 Å². The summed E-state index contributed by atoms with van der Waals surface area (Å²) in [5, 5.41) is 3.13. The Hall–Kier alpha value is -0.380. The van der Waals surface area contributed by atoms with Gasteiger partial charge in [-0.15, -0.1) is 0 Å². The number of alkyl halides is 3. The maximum absolute atomic E-state index is 11.9. The van der Waals surface area contributed by atoms with Crippen LogP contribution in [0.4, 0.5) is 13.2 Å². The summed E-state index contributed by atoms with van der Waals surface area (Å²) in [7, 11) is -4.10. The molecule has 0 radical (unpaired) electrons. The second kappa shape index (κ2) is 5.72. The van der Waals surface area contributed by atoms with Gasteiger partial charge >= 0.3 is 6.18 Å². The van der Waals surface area contributed by atoms with Crippen molar-refractivity contribution in [3.63, 3.8) is 0 Å². The van der Waals surface area contributed by atoms with Gasteiger partial charge in [-0.3, -0.25) is 0 Å². The lowest BCUT2D eigenvalue weighted by Gasteiger charge is -2.34. The van der Waals surface area contributed by atoms with Crippen molar-refractivity contribution < 1.29 is 21.6 Å². The van der Waals surface area contributed by atoms with Gasteiger partial charge in [-0.05, 0) is 24.8 Å². The highest BCUT2D eigenvalue weighted by atomic mass is 32.2. The van der Waals surface area contributed by atoms with E-state index in [0.717, 1.165) is 19.4 Å². The number of rotatable bonds is 5. The molecule has 0 spiro atoms. The monoisotopic (exact) mass is 289 g/mol. The maximum atomic E-state index is 11.9. The fourth-order valence-electron chi connectivity index (χ4n) is 1.77. The first-order valence-electron chi connectivity index (χ1n) is 5.64. The molecule has 0 aromatic heterocycles. The molecule has 5 nitrogen and oxygen atoms in total. The third-order valence-electron chi connectivity index (χ3n) is 2.84. The molecule has 1 unspecified atom stereocenters. The van der Waals surface area contributed by atoms with Crippen molar-refractivity contribution in [1.82, 2.24) is 14.8 Å². The Morgan fingerprint density at radius 3 is 2.50 bits per heavy atom. The van der Waals surface area contributed by atoms with E-state index in [2.05, 4.69) is 10.0 Å². The topological polar surface area (TPSA) is 70.2 Å². The average molecular weight is 289 g/mol. The fourth-order valence-corrected chi connectivity index (χ4v) is 2.76. The summed E-state index contributed by atoms with van der Waals surface area (Å²) in [6.07, 6.45) is -2.79. The Bertz CT molecular complexity index is 364. The van der Waals surface area contributed by atoms with Gasteiger partial charge in [0, 0.05) is 13.1 Å². The molecular weight excluding hydrogens is 271 g/mol. The lowest BCUT2D eigenvalue weighted by molar-refractivity contribution is -0.121. The van der Waals surface area contributed by atoms with Gasteiger partial charge in [-0.25, -0.2) is 4.72 Å². The van der Waals surface area contributed by atoms with Gasteiger partial charge in [0.05, 0.1) is 0 Å². The minimum atomic E-state index is -4.55. The lowest BCUT2D eigenvalue weighted by atomic mass is 9.83. The van der Waals surface area contributed by atoms with E-state index in [4.69, 9.17) is 0 Å². The molecule has 1 heterocycles. The molecule has 9 heteroatoms. The van der Waals surface area contributed by atoms with Crippen LogP contribution in [0, 0.1) is 5.41 Å². The van der Waals surface area contributed by atoms with Gasteiger partial charge in [0.2, 0.25) is 0 Å². The predicted molar refractivity (Wildman–Crippen MR) is 61.2 cm³/mol. The van der Waals surface area contributed by atoms with Crippen molar-refractivity contribution in [3.05, 3.63) is 0 Å². The van der Waals surface area contributed by atoms with Crippen molar-refractivity contribution in [2.24, 2.45) is 5.41 Å². The van der Waals surface area contributed by atoms with Gasteiger partial charge in [0.15, 0.2) is 0 Å². The van der Waals surface area contributed by atoms with Crippen LogP contribution in [0.25, 0.3) is 0 Å². The molecule has 1 rings (SSSR count). The van der Waals surface area contributed by atoms with Crippen LogP contribution in [0.15, 0.2) is 0 Å². The third kappa shape index (κ3) is 5.98. The van der Waals surface area contributed by atoms with Crippen LogP contribution in [0.3, 0.4) is 0 Å². The van der Waals surface area contributed by atoms with E-state index >= 15 is 0 Å². The molecule has 1 atom stereocenters. The Morgan fingerprint density at radius 1 is 1.33 bits per heavy atom. The Labute approximate surface area is 105 Å². The summed E-state index contributed by atoms with van der Waals surface area (Å²) >= 11 is 0. The molecule has 0 saturated carbocycles. The molecule has 0 aliphatic carbocycles. The van der Waals surface area contributed by atoms with Crippen molar-refractivity contribution in [3.8, 4) is 0 Å². The summed E-state index contributed by atoms with van der Waals surface area (Å²) in [6, 6.07) is 0. The molecule has 1 saturated heterocycles. The molecule has 0 bridgehead atoms. The highest BCUT2D eigenvalue weighted by molar-refractivity contribution is 7.87. The predicted octanol–water partition coefficient (Wildman–Crippen LogP) is 0.362. The molecule has 1 fully saturated rings. The van der Waals surface area contributed by atoms with Gasteiger partial charge in [-0.1, -0.05) is 6.92 Å². The average Bonchev–Trinajstić information content (AvgIpc) is 2.25. The number of nitrogens with one attached hydrogen (secondary N) is 3. The van der Waals surface area contributed by atoms with E-state index in [1.807, 2.05) is 6.92 Å². The molecule has 18 heavy (non-hydrogen) atoms. The van der Waals surface area contributed by atoms with Crippen LogP contribution >= 0.6 is 0 Å². The Kier molecular flexibility index (Phi) is 4.98. The lowest BCUT2D eigenvalue weighted by Crippen LogP contribution is -2.49. The largest absolute Gasteiger partial charge is 0.402 e. The second-order valence-electron chi connectivity index (χ2n) is 4.85. The fraction of sp³-hybridized carbons (Fsp3) is 1.00. The van der Waals surface area contributed by atoms with Crippen LogP contribution < -0.4 is 14.8 Å². The molecule has 0 amide bonds. The minimum absolute atomic E-state index is 0.118. The van der Waals surface area contributed by atoms with Crippen LogP contribution in [-0.4, -0.2) is 40.8 Å². The molecule has 1 aliphatic rings. The van der Waals surface area contributed by atoms with E-state index in [1.54, 1.807) is 0 Å². The molecule has 0 aromatic rings. The summed E-state index contributed by atoms with van der Waals surface area (Å²) in [4.78, 5) is 0. The Morgan fingerprint density at radius 2 is 2.00 bits per heavy atom. The highest BCUT2D eigenvalue weighted by Crippen LogP contribution is 2.24. The summed E-state index contributed by atoms with van der Waals surface area (Å²) in [5.74, 6) is 0. The summed E-state index contributed by atoms with van der Waals surface area (Å²) in [6.45, 7) is 1.99. The van der Waals surface area contributed by atoms with Crippen LogP contribution in [0.1, 0.15) is 19.8 Å². The zero-order valence-corrected chi connectivity index (χ0v) is 10.9. The smallest absolute Gasteiger partial charge is 0.316 e. The maximum Gasteiger partial charge on any atom is 0.402 e. The van der Waals surface area contributed by atoms with Crippen LogP contribution in [-0.2, 0) is 10.2 Å². The summed E-state index contributed by atoms with van der Waals surface area (Å²) in [5.41, 5.74) is -0.259. The van der Waals surface area contributed by atoms with E-state index in [0.29, 0.717) is 6.54 Å². The van der Waals surface area contributed by atoms with Crippen molar-refractivity contribution in [1.29, 1.82) is 0 Å². The first kappa shape index (κ1) is 15.7. The van der Waals surface area contributed by atoms with Crippen LogP contribution in [0.2, 0.25) is 0 Å². The SMILES string of the molecule is CC1(CNS(=O)(=O)NCC(F)(F)F)CCCNC1. The van der Waals surface area contributed by atoms with E-state index in [9.17, 15) is 21.6 Å². The Balaban J connectivity index is 2.41. The van der Waals surface area contributed by atoms with Gasteiger partial charge < -0.3 is 5.32 Å². The molecule has 1 aliphatic heterocycles. The molecule has 108 valence electrons. The first-order valence-corrected chi connectivity index (χ1v) is 7.12. The van der Waals surface area contributed by atoms with Gasteiger partial charge in [0.25, 0.3) is 10.2 Å². The number of hydrogen-bond acceptors (Lipinski definition) is 3. The highest BCUT2D eigenvalue weighted by Gasteiger charge is 2.31. The van der Waals surface area contributed by atoms with E-state index in [-0.39, 0.29) is 12.0 Å². The summed E-state index contributed by atoms with van der Waals surface area (Å²) < 4.78 is 61.9. The number of hydrogen-bond donors (Lipinski definition) is 3. The quantitative estimate of drug-likeness (QED) is 0.684. The first-order chi connectivity index (χ1) is 8.12. The molecular formula is C9H18F3N3O2S. The zero-order valence-electron chi connectivity index (χ0n) is 10.1. The zero-order chi connectivity index (χ0) is 13.9. The van der Waals surface area contributed by atoms with E-state index < -0.39 is 22.9 Å². The molecule has 0 aromatic carbocycles. The van der Waals surface area contributed by atoms with Crippen molar-refractivity contribution in [2.45, 2.75) is 25.9 Å². The van der Waals surface area contributed by atoms with Crippen LogP contribution in [0.5, 0.6) is 0 Å². The number of piperidine rings is 1. The minimum Gasteiger partial charge on any atom is -0.316 e. The van der Waals surface area contributed by atoms with Gasteiger partial charge in [0.1, 0.15) is 6.54 Å². The number of halogens is 3. The molecule has 3 N–H and O–H groups in total. The second-order valence-corrected chi connectivity index (χ2v) is 6.44.